The summed E-state index contributed by atoms with van der Waals surface area (Å²) in [5.74, 6) is 0.0939. The molecule has 1 aliphatic heterocycles. The van der Waals surface area contributed by atoms with Crippen LogP contribution in [0.5, 0.6) is 0 Å². The lowest BCUT2D eigenvalue weighted by Gasteiger charge is -2.58. The second-order valence-corrected chi connectivity index (χ2v) is 7.17. The Balaban J connectivity index is 2.21. The third-order valence-electron chi connectivity index (χ3n) is 5.11. The lowest BCUT2D eigenvalue weighted by atomic mass is 9.63. The van der Waals surface area contributed by atoms with Gasteiger partial charge in [-0.1, -0.05) is 27.7 Å². The number of hydrogen-bond donors (Lipinski definition) is 1. The van der Waals surface area contributed by atoms with Crippen molar-refractivity contribution < 1.29 is 14.3 Å². The molecule has 1 heterocycles. The van der Waals surface area contributed by atoms with Gasteiger partial charge in [0.15, 0.2) is 0 Å². The van der Waals surface area contributed by atoms with E-state index >= 15 is 0 Å². The van der Waals surface area contributed by atoms with Crippen LogP contribution in [0, 0.1) is 11.3 Å². The van der Waals surface area contributed by atoms with Gasteiger partial charge in [0, 0.05) is 18.1 Å². The Morgan fingerprint density at radius 2 is 2.00 bits per heavy atom. The quantitative estimate of drug-likeness (QED) is 0.856. The summed E-state index contributed by atoms with van der Waals surface area (Å²) in [7, 11) is 0. The van der Waals surface area contributed by atoms with Gasteiger partial charge in [-0.05, 0) is 26.2 Å². The first-order chi connectivity index (χ1) is 9.71. The van der Waals surface area contributed by atoms with Crippen LogP contribution in [-0.4, -0.2) is 47.6 Å². The molecule has 0 radical (unpaired) electrons. The predicted molar refractivity (Wildman–Crippen MR) is 80.7 cm³/mol. The number of carbonyl (C=O) groups excluding carboxylic acids is 2. The minimum atomic E-state index is -0.407. The summed E-state index contributed by atoms with van der Waals surface area (Å²) in [6.45, 7) is 12.7. The van der Waals surface area contributed by atoms with Gasteiger partial charge in [-0.15, -0.1) is 0 Å². The lowest BCUT2D eigenvalue weighted by Crippen LogP contribution is -2.72. The largest absolute Gasteiger partial charge is 0.378 e. The Kier molecular flexibility index (Phi) is 4.34. The number of rotatable bonds is 4. The van der Waals surface area contributed by atoms with E-state index in [4.69, 9.17) is 4.74 Å². The summed E-state index contributed by atoms with van der Waals surface area (Å²) < 4.78 is 5.75. The first kappa shape index (κ1) is 16.3. The highest BCUT2D eigenvalue weighted by Gasteiger charge is 2.56. The minimum Gasteiger partial charge on any atom is -0.378 e. The van der Waals surface area contributed by atoms with Crippen molar-refractivity contribution in [3.63, 3.8) is 0 Å². The molecule has 2 rings (SSSR count). The van der Waals surface area contributed by atoms with Crippen molar-refractivity contribution in [2.24, 2.45) is 11.3 Å². The zero-order chi connectivity index (χ0) is 15.9. The van der Waals surface area contributed by atoms with Crippen molar-refractivity contribution in [2.45, 2.75) is 72.2 Å². The van der Waals surface area contributed by atoms with Gasteiger partial charge in [0.25, 0.3) is 0 Å². The van der Waals surface area contributed by atoms with Crippen molar-refractivity contribution in [1.82, 2.24) is 10.2 Å². The molecule has 4 unspecified atom stereocenters. The maximum absolute atomic E-state index is 12.8. The maximum atomic E-state index is 12.8. The van der Waals surface area contributed by atoms with E-state index in [0.717, 1.165) is 6.42 Å². The highest BCUT2D eigenvalue weighted by atomic mass is 16.5. The molecule has 2 fully saturated rings. The molecule has 1 N–H and O–H groups in total. The fourth-order valence-corrected chi connectivity index (χ4v) is 3.51. The van der Waals surface area contributed by atoms with Gasteiger partial charge < -0.3 is 15.0 Å². The Bertz CT molecular complexity index is 433. The van der Waals surface area contributed by atoms with Crippen molar-refractivity contribution in [2.75, 3.05) is 6.61 Å². The Labute approximate surface area is 127 Å². The molecule has 0 spiro atoms. The van der Waals surface area contributed by atoms with E-state index in [0.29, 0.717) is 6.61 Å². The molecule has 120 valence electrons. The summed E-state index contributed by atoms with van der Waals surface area (Å²) in [5, 5.41) is 2.85. The monoisotopic (exact) mass is 296 g/mol. The molecule has 0 aromatic heterocycles. The molecule has 2 amide bonds. The zero-order valence-corrected chi connectivity index (χ0v) is 14.0. The Morgan fingerprint density at radius 3 is 2.48 bits per heavy atom. The summed E-state index contributed by atoms with van der Waals surface area (Å²) in [4.78, 5) is 26.8. The van der Waals surface area contributed by atoms with E-state index in [9.17, 15) is 9.59 Å². The summed E-state index contributed by atoms with van der Waals surface area (Å²) >= 11 is 0. The molecule has 5 heteroatoms. The van der Waals surface area contributed by atoms with E-state index in [1.54, 1.807) is 4.90 Å². The fourth-order valence-electron chi connectivity index (χ4n) is 3.51. The number of ether oxygens (including phenoxy) is 1. The van der Waals surface area contributed by atoms with Crippen LogP contribution in [0.25, 0.3) is 0 Å². The Hall–Kier alpha value is -1.10. The van der Waals surface area contributed by atoms with E-state index in [-0.39, 0.29) is 35.3 Å². The van der Waals surface area contributed by atoms with Crippen molar-refractivity contribution in [1.29, 1.82) is 0 Å². The third-order valence-corrected chi connectivity index (χ3v) is 5.11. The van der Waals surface area contributed by atoms with Crippen molar-refractivity contribution in [3.05, 3.63) is 0 Å². The third kappa shape index (κ3) is 2.56. The number of nitrogens with zero attached hydrogens (tertiary/aromatic N) is 1. The van der Waals surface area contributed by atoms with E-state index < -0.39 is 12.1 Å². The number of hydrogen-bond acceptors (Lipinski definition) is 3. The highest BCUT2D eigenvalue weighted by molar-refractivity contribution is 5.97. The van der Waals surface area contributed by atoms with Gasteiger partial charge in [0.2, 0.25) is 11.8 Å². The van der Waals surface area contributed by atoms with Crippen molar-refractivity contribution in [3.8, 4) is 0 Å². The molecule has 0 aromatic carbocycles. The smallest absolute Gasteiger partial charge is 0.246 e. The standard InChI is InChI=1S/C16H28N2O3/c1-7-21-12-8-11(16(12,5)6)18-10(4)14(19)17-13(9(2)3)15(18)20/h9-13H,7-8H2,1-6H3,(H,17,19). The van der Waals surface area contributed by atoms with E-state index in [1.165, 1.54) is 0 Å². The topological polar surface area (TPSA) is 58.6 Å². The summed E-state index contributed by atoms with van der Waals surface area (Å²) in [6.07, 6.45) is 0.977. The number of carbonyl (C=O) groups is 2. The van der Waals surface area contributed by atoms with Crippen LogP contribution >= 0.6 is 0 Å². The van der Waals surface area contributed by atoms with Crippen LogP contribution in [0.15, 0.2) is 0 Å². The highest BCUT2D eigenvalue weighted by Crippen LogP contribution is 2.47. The van der Waals surface area contributed by atoms with Crippen LogP contribution in [0.1, 0.15) is 48.0 Å². The normalized spacial score (nSPS) is 35.7. The number of nitrogens with one attached hydrogen (secondary N) is 1. The zero-order valence-electron chi connectivity index (χ0n) is 14.0. The SMILES string of the molecule is CCOC1CC(N2C(=O)C(C(C)C)NC(=O)C2C)C1(C)C. The average Bonchev–Trinajstić information content (AvgIpc) is 2.40. The predicted octanol–water partition coefficient (Wildman–Crippen LogP) is 1.56. The van der Waals surface area contributed by atoms with Gasteiger partial charge in [0.1, 0.15) is 12.1 Å². The molecule has 5 nitrogen and oxygen atoms in total. The molecule has 2 aliphatic rings. The first-order valence-corrected chi connectivity index (χ1v) is 7.95. The second-order valence-electron chi connectivity index (χ2n) is 7.17. The van der Waals surface area contributed by atoms with Crippen LogP contribution < -0.4 is 5.32 Å². The molecular formula is C16H28N2O3. The molecule has 0 bridgehead atoms. The van der Waals surface area contributed by atoms with Gasteiger partial charge in [-0.3, -0.25) is 9.59 Å². The molecule has 0 aromatic rings. The minimum absolute atomic E-state index is 0.0464. The molecule has 1 saturated carbocycles. The molecule has 1 aliphatic carbocycles. The van der Waals surface area contributed by atoms with Crippen LogP contribution in [0.3, 0.4) is 0 Å². The van der Waals surface area contributed by atoms with Gasteiger partial charge in [0.05, 0.1) is 6.10 Å². The van der Waals surface area contributed by atoms with Crippen LogP contribution in [0.4, 0.5) is 0 Å². The van der Waals surface area contributed by atoms with Crippen molar-refractivity contribution >= 4 is 11.8 Å². The fraction of sp³-hybridized carbons (Fsp3) is 0.875. The summed E-state index contributed by atoms with van der Waals surface area (Å²) in [6, 6.07) is -0.737. The number of piperazine rings is 1. The Morgan fingerprint density at radius 1 is 1.38 bits per heavy atom. The average molecular weight is 296 g/mol. The molecule has 4 atom stereocenters. The summed E-state index contributed by atoms with van der Waals surface area (Å²) in [5.41, 5.74) is -0.112. The van der Waals surface area contributed by atoms with Crippen LogP contribution in [-0.2, 0) is 14.3 Å². The molecule has 1 saturated heterocycles. The van der Waals surface area contributed by atoms with E-state index in [1.807, 2.05) is 27.7 Å². The first-order valence-electron chi connectivity index (χ1n) is 7.95. The van der Waals surface area contributed by atoms with Gasteiger partial charge in [-0.25, -0.2) is 0 Å². The molecule has 21 heavy (non-hydrogen) atoms. The number of amides is 2. The van der Waals surface area contributed by atoms with Gasteiger partial charge >= 0.3 is 0 Å². The lowest BCUT2D eigenvalue weighted by molar-refractivity contribution is -0.182. The van der Waals surface area contributed by atoms with E-state index in [2.05, 4.69) is 19.2 Å². The second kappa shape index (κ2) is 5.59. The molecular weight excluding hydrogens is 268 g/mol. The van der Waals surface area contributed by atoms with Gasteiger partial charge in [-0.2, -0.15) is 0 Å². The van der Waals surface area contributed by atoms with Crippen LogP contribution in [0.2, 0.25) is 0 Å². The maximum Gasteiger partial charge on any atom is 0.246 e.